The van der Waals surface area contributed by atoms with Crippen molar-refractivity contribution >= 4 is 11.0 Å². The van der Waals surface area contributed by atoms with Crippen LogP contribution in [0, 0.1) is 0 Å². The maximum atomic E-state index is 12.6. The van der Waals surface area contributed by atoms with Crippen molar-refractivity contribution in [2.75, 3.05) is 26.2 Å². The summed E-state index contributed by atoms with van der Waals surface area (Å²) in [5.41, 5.74) is 1.29. The van der Waals surface area contributed by atoms with Crippen LogP contribution in [0.25, 0.3) is 11.0 Å². The van der Waals surface area contributed by atoms with E-state index in [4.69, 9.17) is 4.42 Å². The number of nitrogens with zero attached hydrogens (tertiary/aromatic N) is 1. The van der Waals surface area contributed by atoms with Crippen LogP contribution >= 0.6 is 0 Å². The molecule has 20 heavy (non-hydrogen) atoms. The second-order valence-electron chi connectivity index (χ2n) is 5.01. The number of nitrogens with one attached hydrogen (secondary N) is 1. The van der Waals surface area contributed by atoms with E-state index in [0.717, 1.165) is 44.4 Å². The lowest BCUT2D eigenvalue weighted by molar-refractivity contribution is -0.152. The molecule has 1 aliphatic heterocycles. The normalized spacial score (nSPS) is 17.8. The van der Waals surface area contributed by atoms with Crippen molar-refractivity contribution in [2.24, 2.45) is 0 Å². The highest BCUT2D eigenvalue weighted by Crippen LogP contribution is 2.34. The Bertz CT molecular complexity index is 600. The first-order valence-electron chi connectivity index (χ1n) is 6.55. The fourth-order valence-electron chi connectivity index (χ4n) is 2.46. The molecule has 0 amide bonds. The van der Waals surface area contributed by atoms with Crippen LogP contribution in [-0.4, -0.2) is 31.1 Å². The number of fused-ring (bicyclic) bond motifs is 1. The molecule has 1 N–H and O–H groups in total. The van der Waals surface area contributed by atoms with Crippen LogP contribution < -0.4 is 5.32 Å². The highest BCUT2D eigenvalue weighted by molar-refractivity contribution is 5.78. The fourth-order valence-corrected chi connectivity index (χ4v) is 2.46. The van der Waals surface area contributed by atoms with Crippen LogP contribution in [0.1, 0.15) is 11.3 Å². The van der Waals surface area contributed by atoms with Crippen molar-refractivity contribution in [3.05, 3.63) is 35.6 Å². The Morgan fingerprint density at radius 3 is 2.60 bits per heavy atom. The molecule has 0 saturated carbocycles. The van der Waals surface area contributed by atoms with Gasteiger partial charge in [0, 0.05) is 38.1 Å². The zero-order chi connectivity index (χ0) is 14.2. The van der Waals surface area contributed by atoms with Crippen LogP contribution in [0.4, 0.5) is 13.2 Å². The SMILES string of the molecule is FC(F)(F)c1cc2cc(CN3CCNCC3)ccc2o1. The average Bonchev–Trinajstić information content (AvgIpc) is 2.83. The van der Waals surface area contributed by atoms with Gasteiger partial charge in [-0.15, -0.1) is 0 Å². The maximum Gasteiger partial charge on any atom is 0.449 e. The second-order valence-corrected chi connectivity index (χ2v) is 5.01. The third-order valence-electron chi connectivity index (χ3n) is 3.48. The predicted molar refractivity (Wildman–Crippen MR) is 69.4 cm³/mol. The number of furan rings is 1. The van der Waals surface area contributed by atoms with E-state index < -0.39 is 11.9 Å². The van der Waals surface area contributed by atoms with E-state index in [1.807, 2.05) is 6.07 Å². The molecule has 108 valence electrons. The van der Waals surface area contributed by atoms with E-state index in [9.17, 15) is 13.2 Å². The van der Waals surface area contributed by atoms with E-state index >= 15 is 0 Å². The summed E-state index contributed by atoms with van der Waals surface area (Å²) in [5.74, 6) is -0.938. The van der Waals surface area contributed by atoms with Gasteiger partial charge in [0.15, 0.2) is 0 Å². The van der Waals surface area contributed by atoms with Crippen LogP contribution in [0.2, 0.25) is 0 Å². The monoisotopic (exact) mass is 284 g/mol. The third-order valence-corrected chi connectivity index (χ3v) is 3.48. The second kappa shape index (κ2) is 5.10. The highest BCUT2D eigenvalue weighted by atomic mass is 19.4. The average molecular weight is 284 g/mol. The van der Waals surface area contributed by atoms with E-state index in [1.165, 1.54) is 0 Å². The molecule has 0 radical (unpaired) electrons. The summed E-state index contributed by atoms with van der Waals surface area (Å²) in [7, 11) is 0. The molecule has 0 spiro atoms. The summed E-state index contributed by atoms with van der Waals surface area (Å²) in [6.07, 6.45) is -4.43. The number of alkyl halides is 3. The Hall–Kier alpha value is -1.53. The summed E-state index contributed by atoms with van der Waals surface area (Å²) >= 11 is 0. The fraction of sp³-hybridized carbons (Fsp3) is 0.429. The molecule has 2 aromatic rings. The Morgan fingerprint density at radius 2 is 1.90 bits per heavy atom. The molecule has 1 saturated heterocycles. The maximum absolute atomic E-state index is 12.6. The molecule has 1 aromatic heterocycles. The molecule has 0 bridgehead atoms. The largest absolute Gasteiger partial charge is 0.452 e. The first-order chi connectivity index (χ1) is 9.52. The van der Waals surface area contributed by atoms with Gasteiger partial charge in [-0.1, -0.05) is 6.07 Å². The van der Waals surface area contributed by atoms with Gasteiger partial charge in [-0.05, 0) is 23.8 Å². The minimum atomic E-state index is -4.43. The Morgan fingerprint density at radius 1 is 1.15 bits per heavy atom. The molecule has 1 fully saturated rings. The third kappa shape index (κ3) is 2.81. The Labute approximate surface area is 114 Å². The lowest BCUT2D eigenvalue weighted by Gasteiger charge is -2.27. The summed E-state index contributed by atoms with van der Waals surface area (Å²) in [4.78, 5) is 2.28. The standard InChI is InChI=1S/C14H15F3N2O/c15-14(16,17)13-8-11-7-10(1-2-12(11)20-13)9-19-5-3-18-4-6-19/h1-2,7-8,18H,3-6,9H2. The van der Waals surface area contributed by atoms with Crippen molar-refractivity contribution in [1.82, 2.24) is 10.2 Å². The van der Waals surface area contributed by atoms with Gasteiger partial charge in [0.1, 0.15) is 5.58 Å². The topological polar surface area (TPSA) is 28.4 Å². The van der Waals surface area contributed by atoms with Gasteiger partial charge in [-0.2, -0.15) is 13.2 Å². The number of halogens is 3. The number of hydrogen-bond donors (Lipinski definition) is 1. The van der Waals surface area contributed by atoms with Crippen LogP contribution in [0.3, 0.4) is 0 Å². The summed E-state index contributed by atoms with van der Waals surface area (Å²) < 4.78 is 42.6. The molecule has 0 aliphatic carbocycles. The summed E-state index contributed by atoms with van der Waals surface area (Å²) in [6, 6.07) is 6.28. The number of piperazine rings is 1. The van der Waals surface area contributed by atoms with Crippen LogP contribution in [0.5, 0.6) is 0 Å². The van der Waals surface area contributed by atoms with Crippen LogP contribution in [0.15, 0.2) is 28.7 Å². The molecular formula is C14H15F3N2O. The molecule has 3 rings (SSSR count). The smallest absolute Gasteiger partial charge is 0.449 e. The number of rotatable bonds is 2. The molecular weight excluding hydrogens is 269 g/mol. The van der Waals surface area contributed by atoms with E-state index in [0.29, 0.717) is 5.39 Å². The molecule has 0 unspecified atom stereocenters. The molecule has 1 aromatic carbocycles. The summed E-state index contributed by atoms with van der Waals surface area (Å²) in [5, 5.41) is 3.77. The number of hydrogen-bond acceptors (Lipinski definition) is 3. The predicted octanol–water partition coefficient (Wildman–Crippen LogP) is 2.86. The van der Waals surface area contributed by atoms with Crippen molar-refractivity contribution in [2.45, 2.75) is 12.7 Å². The van der Waals surface area contributed by atoms with Gasteiger partial charge >= 0.3 is 6.18 Å². The van der Waals surface area contributed by atoms with E-state index in [-0.39, 0.29) is 5.58 Å². The lowest BCUT2D eigenvalue weighted by Crippen LogP contribution is -2.42. The molecule has 1 aliphatic rings. The first-order valence-corrected chi connectivity index (χ1v) is 6.55. The zero-order valence-corrected chi connectivity index (χ0v) is 10.8. The van der Waals surface area contributed by atoms with Crippen molar-refractivity contribution in [1.29, 1.82) is 0 Å². The highest BCUT2D eigenvalue weighted by Gasteiger charge is 2.35. The minimum Gasteiger partial charge on any atom is -0.452 e. The van der Waals surface area contributed by atoms with Crippen LogP contribution in [-0.2, 0) is 12.7 Å². The minimum absolute atomic E-state index is 0.279. The molecule has 0 atom stereocenters. The number of benzene rings is 1. The zero-order valence-electron chi connectivity index (χ0n) is 10.8. The molecule has 3 nitrogen and oxygen atoms in total. The Balaban J connectivity index is 1.82. The Kier molecular flexibility index (Phi) is 3.43. The van der Waals surface area contributed by atoms with Gasteiger partial charge in [-0.25, -0.2) is 0 Å². The lowest BCUT2D eigenvalue weighted by atomic mass is 10.1. The first kappa shape index (κ1) is 13.5. The molecule has 6 heteroatoms. The quantitative estimate of drug-likeness (QED) is 0.919. The van der Waals surface area contributed by atoms with Gasteiger partial charge in [0.25, 0.3) is 0 Å². The van der Waals surface area contributed by atoms with Gasteiger partial charge in [0.05, 0.1) is 0 Å². The summed E-state index contributed by atoms with van der Waals surface area (Å²) in [6.45, 7) is 4.57. The van der Waals surface area contributed by atoms with Crippen molar-refractivity contribution in [3.8, 4) is 0 Å². The van der Waals surface area contributed by atoms with Gasteiger partial charge in [-0.3, -0.25) is 4.90 Å². The van der Waals surface area contributed by atoms with Crippen molar-refractivity contribution < 1.29 is 17.6 Å². The van der Waals surface area contributed by atoms with Gasteiger partial charge in [0.2, 0.25) is 5.76 Å². The van der Waals surface area contributed by atoms with Gasteiger partial charge < -0.3 is 9.73 Å². The van der Waals surface area contributed by atoms with E-state index in [2.05, 4.69) is 10.2 Å². The van der Waals surface area contributed by atoms with Crippen molar-refractivity contribution in [3.63, 3.8) is 0 Å². The van der Waals surface area contributed by atoms with E-state index in [1.54, 1.807) is 12.1 Å². The molecule has 2 heterocycles.